The molecule has 68 valence electrons. The average Bonchev–Trinajstić information content (AvgIpc) is 2.45. The third-order valence-corrected chi connectivity index (χ3v) is 4.73. The Morgan fingerprint density at radius 3 is 2.92 bits per heavy atom. The molecule has 0 fully saturated rings. The van der Waals surface area contributed by atoms with Crippen LogP contribution in [-0.2, 0) is 5.88 Å². The van der Waals surface area contributed by atoms with Crippen LogP contribution in [-0.4, -0.2) is 0 Å². The molecule has 0 aliphatic rings. The third-order valence-electron chi connectivity index (χ3n) is 1.86. The Bertz CT molecular complexity index is 452. The fraction of sp³-hybridized carbons (Fsp3) is 0.111. The number of hydrogen-bond acceptors (Lipinski definition) is 1. The first kappa shape index (κ1) is 10.2. The molecule has 1 aromatic carbocycles. The van der Waals surface area contributed by atoms with E-state index in [1.807, 2.05) is 0 Å². The highest BCUT2D eigenvalue weighted by Gasteiger charge is 2.07. The van der Waals surface area contributed by atoms with Crippen molar-refractivity contribution in [3.05, 3.63) is 31.1 Å². The number of hydrogen-bond donors (Lipinski definition) is 0. The smallest absolute Gasteiger partial charge is 0.0666 e. The number of alkyl halides is 1. The van der Waals surface area contributed by atoms with Crippen LogP contribution in [0.25, 0.3) is 10.1 Å². The lowest BCUT2D eigenvalue weighted by Crippen LogP contribution is -1.80. The van der Waals surface area contributed by atoms with Gasteiger partial charge in [0.05, 0.1) is 2.88 Å². The Kier molecular flexibility index (Phi) is 3.18. The highest BCUT2D eigenvalue weighted by Crippen LogP contribution is 2.34. The van der Waals surface area contributed by atoms with Crippen molar-refractivity contribution in [3.8, 4) is 0 Å². The van der Waals surface area contributed by atoms with Gasteiger partial charge >= 0.3 is 0 Å². The monoisotopic (exact) mass is 386 g/mol. The maximum absolute atomic E-state index is 5.89. The molecule has 1 aromatic heterocycles. The Balaban J connectivity index is 2.82. The first-order valence-corrected chi connectivity index (χ1v) is 6.87. The van der Waals surface area contributed by atoms with Crippen LogP contribution in [0.15, 0.2) is 22.7 Å². The largest absolute Gasteiger partial charge is 0.129 e. The van der Waals surface area contributed by atoms with E-state index < -0.39 is 0 Å². The fourth-order valence-electron chi connectivity index (χ4n) is 1.25. The van der Waals surface area contributed by atoms with Crippen LogP contribution in [0.2, 0.25) is 0 Å². The molecule has 0 spiro atoms. The third kappa shape index (κ3) is 1.89. The Morgan fingerprint density at radius 1 is 1.46 bits per heavy atom. The van der Waals surface area contributed by atoms with E-state index in [1.54, 1.807) is 11.3 Å². The van der Waals surface area contributed by atoms with Gasteiger partial charge in [-0.05, 0) is 51.7 Å². The van der Waals surface area contributed by atoms with Gasteiger partial charge in [0, 0.05) is 15.1 Å². The lowest BCUT2D eigenvalue weighted by molar-refractivity contribution is 1.42. The molecule has 0 nitrogen and oxygen atoms in total. The highest BCUT2D eigenvalue weighted by atomic mass is 127. The lowest BCUT2D eigenvalue weighted by Gasteiger charge is -2.00. The van der Waals surface area contributed by atoms with Crippen LogP contribution in [0.3, 0.4) is 0 Å². The Labute approximate surface area is 108 Å². The van der Waals surface area contributed by atoms with Crippen LogP contribution in [0.4, 0.5) is 0 Å². The van der Waals surface area contributed by atoms with Crippen LogP contribution in [0.5, 0.6) is 0 Å². The van der Waals surface area contributed by atoms with Crippen LogP contribution in [0.1, 0.15) is 5.56 Å². The molecular weight excluding hydrogens is 382 g/mol. The van der Waals surface area contributed by atoms with E-state index in [-0.39, 0.29) is 0 Å². The summed E-state index contributed by atoms with van der Waals surface area (Å²) in [5, 5.41) is 1.28. The van der Waals surface area contributed by atoms with E-state index in [0.29, 0.717) is 5.88 Å². The highest BCUT2D eigenvalue weighted by molar-refractivity contribution is 14.1. The molecule has 0 saturated carbocycles. The minimum absolute atomic E-state index is 0.560. The second kappa shape index (κ2) is 4.04. The summed E-state index contributed by atoms with van der Waals surface area (Å²) in [5.74, 6) is 0.560. The molecule has 13 heavy (non-hydrogen) atoms. The van der Waals surface area contributed by atoms with E-state index >= 15 is 0 Å². The Hall–Kier alpha value is 0.680. The maximum atomic E-state index is 5.89. The number of fused-ring (bicyclic) bond motifs is 1. The van der Waals surface area contributed by atoms with Gasteiger partial charge in [-0.1, -0.05) is 15.9 Å². The van der Waals surface area contributed by atoms with Gasteiger partial charge in [0.1, 0.15) is 0 Å². The molecule has 1 heterocycles. The molecule has 0 aliphatic carbocycles. The van der Waals surface area contributed by atoms with E-state index in [4.69, 9.17) is 11.6 Å². The predicted molar refractivity (Wildman–Crippen MR) is 71.8 cm³/mol. The molecule has 2 aromatic rings. The van der Waals surface area contributed by atoms with Crippen molar-refractivity contribution in [1.29, 1.82) is 0 Å². The Morgan fingerprint density at radius 2 is 2.23 bits per heavy atom. The second-order valence-corrected chi connectivity index (χ2v) is 6.72. The topological polar surface area (TPSA) is 0 Å². The van der Waals surface area contributed by atoms with Crippen molar-refractivity contribution in [2.75, 3.05) is 0 Å². The summed E-state index contributed by atoms with van der Waals surface area (Å²) < 4.78 is 3.71. The summed E-state index contributed by atoms with van der Waals surface area (Å²) >= 11 is 13.5. The van der Waals surface area contributed by atoms with Crippen molar-refractivity contribution in [2.45, 2.75) is 5.88 Å². The minimum Gasteiger partial charge on any atom is -0.129 e. The minimum atomic E-state index is 0.560. The van der Waals surface area contributed by atoms with Crippen LogP contribution in [0, 0.1) is 2.88 Å². The van der Waals surface area contributed by atoms with Crippen molar-refractivity contribution in [1.82, 2.24) is 0 Å². The van der Waals surface area contributed by atoms with Gasteiger partial charge in [-0.3, -0.25) is 0 Å². The molecule has 0 unspecified atom stereocenters. The van der Waals surface area contributed by atoms with Gasteiger partial charge in [0.2, 0.25) is 0 Å². The summed E-state index contributed by atoms with van der Waals surface area (Å²) in [7, 11) is 0. The van der Waals surface area contributed by atoms with Crippen molar-refractivity contribution < 1.29 is 0 Å². The lowest BCUT2D eigenvalue weighted by atomic mass is 10.1. The van der Waals surface area contributed by atoms with Gasteiger partial charge in [-0.15, -0.1) is 22.9 Å². The average molecular weight is 387 g/mol. The zero-order valence-electron chi connectivity index (χ0n) is 6.48. The van der Waals surface area contributed by atoms with E-state index in [0.717, 1.165) is 4.47 Å². The van der Waals surface area contributed by atoms with Gasteiger partial charge in [-0.2, -0.15) is 0 Å². The summed E-state index contributed by atoms with van der Waals surface area (Å²) in [6, 6.07) is 6.37. The first-order chi connectivity index (χ1) is 6.22. The van der Waals surface area contributed by atoms with Gasteiger partial charge < -0.3 is 0 Å². The molecule has 0 atom stereocenters. The molecule has 0 amide bonds. The zero-order chi connectivity index (χ0) is 9.42. The van der Waals surface area contributed by atoms with Crippen LogP contribution < -0.4 is 0 Å². The SMILES string of the molecule is ClCc1c(Br)ccc2sc(I)cc12. The normalized spacial score (nSPS) is 11.0. The first-order valence-electron chi connectivity index (χ1n) is 3.65. The van der Waals surface area contributed by atoms with E-state index in [9.17, 15) is 0 Å². The number of halogens is 3. The summed E-state index contributed by atoms with van der Waals surface area (Å²) in [6.45, 7) is 0. The molecule has 2 rings (SSSR count). The van der Waals surface area contributed by atoms with E-state index in [1.165, 1.54) is 18.5 Å². The number of thiophene rings is 1. The predicted octanol–water partition coefficient (Wildman–Crippen LogP) is 5.01. The van der Waals surface area contributed by atoms with Crippen molar-refractivity contribution in [3.63, 3.8) is 0 Å². The van der Waals surface area contributed by atoms with E-state index in [2.05, 4.69) is 56.7 Å². The second-order valence-electron chi connectivity index (χ2n) is 2.62. The quantitative estimate of drug-likeness (QED) is 0.477. The molecule has 0 N–H and O–H groups in total. The molecule has 0 saturated heterocycles. The van der Waals surface area contributed by atoms with Crippen molar-refractivity contribution in [2.24, 2.45) is 0 Å². The van der Waals surface area contributed by atoms with Gasteiger partial charge in [-0.25, -0.2) is 0 Å². The summed E-state index contributed by atoms with van der Waals surface area (Å²) in [4.78, 5) is 0. The molecule has 4 heteroatoms. The summed E-state index contributed by atoms with van der Waals surface area (Å²) in [6.07, 6.45) is 0. The molecule has 0 radical (unpaired) electrons. The van der Waals surface area contributed by atoms with Crippen molar-refractivity contribution >= 4 is 71.5 Å². The van der Waals surface area contributed by atoms with Gasteiger partial charge in [0.25, 0.3) is 0 Å². The zero-order valence-corrected chi connectivity index (χ0v) is 11.8. The summed E-state index contributed by atoms with van der Waals surface area (Å²) in [5.41, 5.74) is 1.19. The standard InChI is InChI=1S/C9H5BrClIS/c10-7-1-2-8-5(6(7)4-11)3-9(12)13-8/h1-3H,4H2. The van der Waals surface area contributed by atoms with Crippen LogP contribution >= 0.6 is 61.5 Å². The number of benzene rings is 1. The van der Waals surface area contributed by atoms with Gasteiger partial charge in [0.15, 0.2) is 0 Å². The maximum Gasteiger partial charge on any atom is 0.0666 e. The fourth-order valence-corrected chi connectivity index (χ4v) is 4.02. The molecule has 0 aliphatic heterocycles. The molecular formula is C9H5BrClIS. The molecule has 0 bridgehead atoms. The number of rotatable bonds is 1.